The summed E-state index contributed by atoms with van der Waals surface area (Å²) in [6.07, 6.45) is -0.506. The maximum absolute atomic E-state index is 9.80. The van der Waals surface area contributed by atoms with E-state index < -0.39 is 6.10 Å². The van der Waals surface area contributed by atoms with Gasteiger partial charge in [-0.2, -0.15) is 0 Å². The summed E-state index contributed by atoms with van der Waals surface area (Å²) >= 11 is 0. The highest BCUT2D eigenvalue weighted by atomic mass is 16.5. The van der Waals surface area contributed by atoms with Crippen molar-refractivity contribution in [1.29, 1.82) is 0 Å². The van der Waals surface area contributed by atoms with E-state index >= 15 is 0 Å². The van der Waals surface area contributed by atoms with Crippen molar-refractivity contribution < 1.29 is 14.6 Å². The second kappa shape index (κ2) is 7.48. The number of nitrogens with one attached hydrogen (secondary N) is 1. The standard InChI is InChI=1S/C15H25NO3/c1-15(2,3)16-9-13(17)11-19-10-12-7-5-6-8-14(12)18-4/h5-8,13,16-17H,9-11H2,1-4H3. The van der Waals surface area contributed by atoms with Crippen LogP contribution in [0.4, 0.5) is 0 Å². The van der Waals surface area contributed by atoms with E-state index in [2.05, 4.69) is 26.1 Å². The van der Waals surface area contributed by atoms with E-state index in [1.54, 1.807) is 7.11 Å². The predicted octanol–water partition coefficient (Wildman–Crippen LogP) is 1.96. The third-order valence-corrected chi connectivity index (χ3v) is 2.63. The molecule has 0 aliphatic rings. The van der Waals surface area contributed by atoms with E-state index in [1.807, 2.05) is 24.3 Å². The summed E-state index contributed by atoms with van der Waals surface area (Å²) in [6, 6.07) is 7.72. The Hall–Kier alpha value is -1.10. The number of hydrogen-bond acceptors (Lipinski definition) is 4. The van der Waals surface area contributed by atoms with Crippen LogP contribution in [0, 0.1) is 0 Å². The maximum atomic E-state index is 9.80. The molecule has 0 heterocycles. The third-order valence-electron chi connectivity index (χ3n) is 2.63. The summed E-state index contributed by atoms with van der Waals surface area (Å²) in [7, 11) is 1.64. The van der Waals surface area contributed by atoms with Gasteiger partial charge in [0.1, 0.15) is 5.75 Å². The van der Waals surface area contributed by atoms with Gasteiger partial charge in [-0.3, -0.25) is 0 Å². The van der Waals surface area contributed by atoms with Crippen molar-refractivity contribution in [2.75, 3.05) is 20.3 Å². The fraction of sp³-hybridized carbons (Fsp3) is 0.600. The third kappa shape index (κ3) is 6.57. The van der Waals surface area contributed by atoms with Crippen molar-refractivity contribution >= 4 is 0 Å². The lowest BCUT2D eigenvalue weighted by Gasteiger charge is -2.22. The van der Waals surface area contributed by atoms with Gasteiger partial charge in [0.2, 0.25) is 0 Å². The summed E-state index contributed by atoms with van der Waals surface area (Å²) < 4.78 is 10.8. The van der Waals surface area contributed by atoms with Crippen LogP contribution in [0.3, 0.4) is 0 Å². The van der Waals surface area contributed by atoms with Crippen LogP contribution in [-0.2, 0) is 11.3 Å². The molecule has 19 heavy (non-hydrogen) atoms. The predicted molar refractivity (Wildman–Crippen MR) is 76.4 cm³/mol. The van der Waals surface area contributed by atoms with E-state index in [4.69, 9.17) is 9.47 Å². The monoisotopic (exact) mass is 267 g/mol. The lowest BCUT2D eigenvalue weighted by atomic mass is 10.1. The molecule has 1 atom stereocenters. The minimum Gasteiger partial charge on any atom is -0.496 e. The summed E-state index contributed by atoms with van der Waals surface area (Å²) in [5, 5.41) is 13.0. The largest absolute Gasteiger partial charge is 0.496 e. The number of para-hydroxylation sites is 1. The van der Waals surface area contributed by atoms with Gasteiger partial charge in [-0.15, -0.1) is 0 Å². The van der Waals surface area contributed by atoms with Crippen LogP contribution in [0.25, 0.3) is 0 Å². The molecule has 108 valence electrons. The van der Waals surface area contributed by atoms with Crippen LogP contribution in [0.5, 0.6) is 5.75 Å². The molecule has 0 amide bonds. The summed E-state index contributed by atoms with van der Waals surface area (Å²) in [5.41, 5.74) is 0.991. The van der Waals surface area contributed by atoms with E-state index in [-0.39, 0.29) is 5.54 Å². The Balaban J connectivity index is 2.30. The first-order chi connectivity index (χ1) is 8.92. The van der Waals surface area contributed by atoms with E-state index in [1.165, 1.54) is 0 Å². The van der Waals surface area contributed by atoms with E-state index in [0.29, 0.717) is 19.8 Å². The molecule has 0 aromatic heterocycles. The molecule has 1 rings (SSSR count). The Morgan fingerprint density at radius 3 is 2.58 bits per heavy atom. The molecule has 2 N–H and O–H groups in total. The van der Waals surface area contributed by atoms with E-state index in [0.717, 1.165) is 11.3 Å². The van der Waals surface area contributed by atoms with Crippen LogP contribution in [0.2, 0.25) is 0 Å². The van der Waals surface area contributed by atoms with Gasteiger partial charge in [0.25, 0.3) is 0 Å². The molecule has 0 bridgehead atoms. The van der Waals surface area contributed by atoms with Crippen molar-refractivity contribution in [3.8, 4) is 5.75 Å². The summed E-state index contributed by atoms with van der Waals surface area (Å²) in [4.78, 5) is 0. The van der Waals surface area contributed by atoms with Gasteiger partial charge in [0, 0.05) is 17.6 Å². The van der Waals surface area contributed by atoms with Gasteiger partial charge in [-0.05, 0) is 26.8 Å². The van der Waals surface area contributed by atoms with Gasteiger partial charge >= 0.3 is 0 Å². The van der Waals surface area contributed by atoms with Gasteiger partial charge in [-0.25, -0.2) is 0 Å². The zero-order valence-corrected chi connectivity index (χ0v) is 12.3. The zero-order chi connectivity index (χ0) is 14.3. The van der Waals surface area contributed by atoms with Crippen LogP contribution in [0.1, 0.15) is 26.3 Å². The summed E-state index contributed by atoms with van der Waals surface area (Å²) in [6.45, 7) is 7.47. The minimum absolute atomic E-state index is 0.00360. The lowest BCUT2D eigenvalue weighted by molar-refractivity contribution is 0.0255. The molecule has 0 aliphatic heterocycles. The van der Waals surface area contributed by atoms with Crippen molar-refractivity contribution in [2.24, 2.45) is 0 Å². The van der Waals surface area contributed by atoms with Crippen molar-refractivity contribution in [3.63, 3.8) is 0 Å². The molecule has 0 saturated heterocycles. The normalized spacial score (nSPS) is 13.3. The number of aliphatic hydroxyl groups is 1. The molecule has 1 unspecified atom stereocenters. The molecule has 1 aromatic rings. The average molecular weight is 267 g/mol. The Labute approximate surface area is 115 Å². The minimum atomic E-state index is -0.506. The van der Waals surface area contributed by atoms with Crippen LogP contribution >= 0.6 is 0 Å². The fourth-order valence-corrected chi connectivity index (χ4v) is 1.61. The molecule has 1 aromatic carbocycles. The molecular formula is C15H25NO3. The maximum Gasteiger partial charge on any atom is 0.124 e. The topological polar surface area (TPSA) is 50.7 Å². The smallest absolute Gasteiger partial charge is 0.124 e. The number of β-amino-alcohol motifs (C(OH)–C–C–N with tert-alkyl or cyclic N) is 1. The summed E-state index contributed by atoms with van der Waals surface area (Å²) in [5.74, 6) is 0.810. The quantitative estimate of drug-likeness (QED) is 0.793. The van der Waals surface area contributed by atoms with Gasteiger partial charge in [0.15, 0.2) is 0 Å². The Bertz CT molecular complexity index is 374. The number of methoxy groups -OCH3 is 1. The Morgan fingerprint density at radius 2 is 1.95 bits per heavy atom. The number of aliphatic hydroxyl groups excluding tert-OH is 1. The highest BCUT2D eigenvalue weighted by Gasteiger charge is 2.12. The average Bonchev–Trinajstić information content (AvgIpc) is 2.36. The molecule has 4 nitrogen and oxygen atoms in total. The van der Waals surface area contributed by atoms with Crippen molar-refractivity contribution in [1.82, 2.24) is 5.32 Å². The van der Waals surface area contributed by atoms with Crippen LogP contribution in [-0.4, -0.2) is 37.0 Å². The van der Waals surface area contributed by atoms with Crippen molar-refractivity contribution in [3.05, 3.63) is 29.8 Å². The number of ether oxygens (including phenoxy) is 2. The van der Waals surface area contributed by atoms with Gasteiger partial charge in [0.05, 0.1) is 26.4 Å². The van der Waals surface area contributed by atoms with Crippen LogP contribution < -0.4 is 10.1 Å². The number of rotatable bonds is 7. The first-order valence-corrected chi connectivity index (χ1v) is 6.55. The first-order valence-electron chi connectivity index (χ1n) is 6.55. The highest BCUT2D eigenvalue weighted by Crippen LogP contribution is 2.17. The SMILES string of the molecule is COc1ccccc1COCC(O)CNC(C)(C)C. The first kappa shape index (κ1) is 16.0. The lowest BCUT2D eigenvalue weighted by Crippen LogP contribution is -2.42. The fourth-order valence-electron chi connectivity index (χ4n) is 1.61. The molecule has 0 radical (unpaired) electrons. The Kier molecular flexibility index (Phi) is 6.28. The highest BCUT2D eigenvalue weighted by molar-refractivity contribution is 5.32. The molecular weight excluding hydrogens is 242 g/mol. The molecule has 0 spiro atoms. The second-order valence-electron chi connectivity index (χ2n) is 5.61. The Morgan fingerprint density at radius 1 is 1.26 bits per heavy atom. The molecule has 0 saturated carbocycles. The van der Waals surface area contributed by atoms with Gasteiger partial charge in [-0.1, -0.05) is 18.2 Å². The van der Waals surface area contributed by atoms with Crippen molar-refractivity contribution in [2.45, 2.75) is 39.0 Å². The molecule has 4 heteroatoms. The zero-order valence-electron chi connectivity index (χ0n) is 12.3. The number of benzene rings is 1. The van der Waals surface area contributed by atoms with E-state index in [9.17, 15) is 5.11 Å². The number of hydrogen-bond donors (Lipinski definition) is 2. The second-order valence-corrected chi connectivity index (χ2v) is 5.61. The van der Waals surface area contributed by atoms with Crippen LogP contribution in [0.15, 0.2) is 24.3 Å². The van der Waals surface area contributed by atoms with Gasteiger partial charge < -0.3 is 19.9 Å². The molecule has 0 aliphatic carbocycles. The molecule has 0 fully saturated rings.